The topological polar surface area (TPSA) is 179 Å². The Labute approximate surface area is 221 Å². The largest absolute Gasteiger partial charge is 0.416 e. The van der Waals surface area contributed by atoms with Crippen LogP contribution in [0.5, 0.6) is 0 Å². The summed E-state index contributed by atoms with van der Waals surface area (Å²) in [6, 6.07) is -2.87. The van der Waals surface area contributed by atoms with Crippen molar-refractivity contribution in [2.24, 2.45) is 21.5 Å². The monoisotopic (exact) mass is 576 g/mol. The van der Waals surface area contributed by atoms with Gasteiger partial charge in [0.05, 0.1) is 29.8 Å². The second-order valence-corrected chi connectivity index (χ2v) is 9.79. The van der Waals surface area contributed by atoms with Crippen molar-refractivity contribution in [3.63, 3.8) is 0 Å². The van der Waals surface area contributed by atoms with E-state index < -0.39 is 76.7 Å². The highest BCUT2D eigenvalue weighted by Crippen LogP contribution is 2.41. The fraction of sp³-hybridized carbons (Fsp3) is 0.500. The Morgan fingerprint density at radius 3 is 2.17 bits per heavy atom. The number of rotatable bonds is 4. The van der Waals surface area contributed by atoms with Crippen molar-refractivity contribution in [3.05, 3.63) is 34.9 Å². The van der Waals surface area contributed by atoms with Gasteiger partial charge in [-0.25, -0.2) is 9.98 Å². The summed E-state index contributed by atoms with van der Waals surface area (Å²) in [5, 5.41) is 16.4. The van der Waals surface area contributed by atoms with Crippen LogP contribution in [0.1, 0.15) is 34.3 Å². The maximum atomic E-state index is 13.3. The highest BCUT2D eigenvalue weighted by Gasteiger charge is 2.66. The number of carbonyl (C=O) groups excluding carboxylic acids is 3. The van der Waals surface area contributed by atoms with Crippen molar-refractivity contribution in [1.82, 2.24) is 20.4 Å². The number of halogens is 6. The van der Waals surface area contributed by atoms with Crippen LogP contribution in [0, 0.1) is 0 Å². The second kappa shape index (κ2) is 8.97. The Hall–Kier alpha value is -4.09. The maximum Gasteiger partial charge on any atom is 0.416 e. The number of benzene rings is 1. The molecule has 1 spiro atoms. The summed E-state index contributed by atoms with van der Waals surface area (Å²) in [6.07, 6.45) is -11.9. The van der Waals surface area contributed by atoms with E-state index in [4.69, 9.17) is 11.5 Å². The van der Waals surface area contributed by atoms with Gasteiger partial charge in [0.2, 0.25) is 11.8 Å². The molecular weight excluding hydrogens is 554 g/mol. The van der Waals surface area contributed by atoms with Crippen LogP contribution in [0.15, 0.2) is 28.2 Å². The van der Waals surface area contributed by atoms with Gasteiger partial charge >= 0.3 is 12.4 Å². The van der Waals surface area contributed by atoms with Gasteiger partial charge in [0.1, 0.15) is 12.1 Å². The number of aliphatic hydroxyl groups is 1. The predicted octanol–water partition coefficient (Wildman–Crippen LogP) is -0.672. The van der Waals surface area contributed by atoms with Crippen LogP contribution in [0.3, 0.4) is 0 Å². The van der Waals surface area contributed by atoms with Crippen LogP contribution in [-0.2, 0) is 21.9 Å². The molecule has 3 amide bonds. The predicted molar refractivity (Wildman–Crippen MR) is 123 cm³/mol. The first-order chi connectivity index (χ1) is 18.5. The minimum absolute atomic E-state index is 0.0126. The third kappa shape index (κ3) is 4.35. The van der Waals surface area contributed by atoms with Crippen LogP contribution in [-0.4, -0.2) is 87.5 Å². The van der Waals surface area contributed by atoms with Gasteiger partial charge in [0.15, 0.2) is 17.6 Å². The lowest BCUT2D eigenvalue weighted by molar-refractivity contribution is -0.143. The number of likely N-dealkylation sites (tertiary alicyclic amines) is 1. The number of hydrogen-bond donors (Lipinski definition) is 5. The molecule has 4 aliphatic rings. The van der Waals surface area contributed by atoms with E-state index in [2.05, 4.69) is 20.6 Å². The lowest BCUT2D eigenvalue weighted by Crippen LogP contribution is -2.73. The lowest BCUT2D eigenvalue weighted by atomic mass is 9.87. The first-order valence-corrected chi connectivity index (χ1v) is 11.9. The molecule has 0 radical (unpaired) electrons. The number of imide groups is 1. The minimum atomic E-state index is -5.17. The average Bonchev–Trinajstić information content (AvgIpc) is 3.47. The number of amides is 3. The molecule has 216 valence electrons. The van der Waals surface area contributed by atoms with Gasteiger partial charge in [-0.3, -0.25) is 19.3 Å². The van der Waals surface area contributed by atoms with Crippen LogP contribution in [0.2, 0.25) is 0 Å². The summed E-state index contributed by atoms with van der Waals surface area (Å²) < 4.78 is 79.6. The molecule has 18 heteroatoms. The Morgan fingerprint density at radius 2 is 1.62 bits per heavy atom. The van der Waals surface area contributed by atoms with Crippen molar-refractivity contribution < 1.29 is 45.8 Å². The first kappa shape index (κ1) is 27.5. The van der Waals surface area contributed by atoms with E-state index in [1.165, 1.54) is 4.90 Å². The van der Waals surface area contributed by atoms with Crippen molar-refractivity contribution in [3.8, 4) is 0 Å². The zero-order valence-electron chi connectivity index (χ0n) is 20.3. The first-order valence-electron chi connectivity index (χ1n) is 11.9. The maximum absolute atomic E-state index is 13.3. The molecule has 7 N–H and O–H groups in total. The van der Waals surface area contributed by atoms with Gasteiger partial charge in [-0.15, -0.1) is 0 Å². The number of aliphatic imine (C=N–C) groups is 2. The Morgan fingerprint density at radius 1 is 1.05 bits per heavy atom. The molecule has 40 heavy (non-hydrogen) atoms. The molecule has 0 saturated carbocycles. The van der Waals surface area contributed by atoms with Gasteiger partial charge in [-0.05, 0) is 18.2 Å². The standard InChI is InChI=1S/C22H22F6N8O4/c23-21(24,25)9-3-8(4-10(5-9)22(26,27)28)17(40)31-12-7-36-19(30)32-11(6-35-13(37)1-2-14(35)38)15-20(36,16(12)39)34-18(29)33-15/h3-5,11-12,15-16,39H,1-2,6-7H2,(H2,30,32)(H,31,40)(H3,29,33,34)/t11-,12-,15?,16?,20?/m0/s1. The van der Waals surface area contributed by atoms with Gasteiger partial charge in [-0.2, -0.15) is 26.3 Å². The van der Waals surface area contributed by atoms with E-state index in [0.29, 0.717) is 0 Å². The fourth-order valence-corrected chi connectivity index (χ4v) is 5.54. The summed E-state index contributed by atoms with van der Waals surface area (Å²) in [7, 11) is 0. The molecule has 5 atom stereocenters. The molecule has 1 aromatic carbocycles. The molecule has 2 fully saturated rings. The zero-order valence-corrected chi connectivity index (χ0v) is 20.3. The van der Waals surface area contributed by atoms with Crippen molar-refractivity contribution in [2.45, 2.75) is 55.1 Å². The molecule has 0 aromatic heterocycles. The summed E-state index contributed by atoms with van der Waals surface area (Å²) in [5.41, 5.74) is 6.08. The minimum Gasteiger partial charge on any atom is -0.386 e. The molecule has 4 heterocycles. The normalized spacial score (nSPS) is 30.1. The van der Waals surface area contributed by atoms with E-state index in [1.807, 2.05) is 0 Å². The third-order valence-corrected chi connectivity index (χ3v) is 7.35. The number of alkyl halides is 6. The molecular formula is C22H22F6N8O4. The summed E-state index contributed by atoms with van der Waals surface area (Å²) in [4.78, 5) is 48.1. The van der Waals surface area contributed by atoms with Crippen LogP contribution in [0.4, 0.5) is 26.3 Å². The molecule has 4 aliphatic heterocycles. The van der Waals surface area contributed by atoms with Gasteiger partial charge < -0.3 is 32.1 Å². The molecule has 0 aliphatic carbocycles. The highest BCUT2D eigenvalue weighted by molar-refractivity contribution is 6.02. The second-order valence-electron chi connectivity index (χ2n) is 9.79. The fourth-order valence-electron chi connectivity index (χ4n) is 5.54. The third-order valence-electron chi connectivity index (χ3n) is 7.35. The number of nitrogens with one attached hydrogen (secondary N) is 2. The van der Waals surface area contributed by atoms with Gasteiger partial charge in [-0.1, -0.05) is 0 Å². The molecule has 5 rings (SSSR count). The number of nitrogens with zero attached hydrogens (tertiary/aromatic N) is 4. The van der Waals surface area contributed by atoms with E-state index in [-0.39, 0.29) is 56.0 Å². The SMILES string of the molecule is NC1=NC2[C@H](CN3C(=O)CCC3=O)N=C(N)N3C[C@H](NC(=O)c4cc(C(F)(F)F)cc(C(F)(F)F)c4)C(O)C23N1. The van der Waals surface area contributed by atoms with E-state index in [0.717, 1.165) is 4.90 Å². The van der Waals surface area contributed by atoms with Gasteiger partial charge in [0, 0.05) is 24.9 Å². The number of hydrogen-bond acceptors (Lipinski definition) is 10. The van der Waals surface area contributed by atoms with E-state index >= 15 is 0 Å². The molecule has 12 nitrogen and oxygen atoms in total. The molecule has 2 saturated heterocycles. The Bertz CT molecular complexity index is 1300. The van der Waals surface area contributed by atoms with Crippen LogP contribution < -0.4 is 22.1 Å². The Kier molecular flexibility index (Phi) is 6.16. The Balaban J connectivity index is 1.43. The van der Waals surface area contributed by atoms with Crippen molar-refractivity contribution >= 4 is 29.6 Å². The average molecular weight is 576 g/mol. The smallest absolute Gasteiger partial charge is 0.386 e. The van der Waals surface area contributed by atoms with Crippen LogP contribution >= 0.6 is 0 Å². The summed E-state index contributed by atoms with van der Waals surface area (Å²) in [5.74, 6) is -2.54. The highest BCUT2D eigenvalue weighted by atomic mass is 19.4. The zero-order chi connectivity index (χ0) is 29.4. The lowest BCUT2D eigenvalue weighted by Gasteiger charge is -2.46. The van der Waals surface area contributed by atoms with Crippen molar-refractivity contribution in [1.29, 1.82) is 0 Å². The molecule has 1 aromatic rings. The molecule has 0 bridgehead atoms. The number of carbonyl (C=O) groups is 3. The number of aliphatic hydroxyl groups excluding tert-OH is 1. The van der Waals surface area contributed by atoms with Crippen molar-refractivity contribution in [2.75, 3.05) is 13.1 Å². The van der Waals surface area contributed by atoms with Gasteiger partial charge in [0.25, 0.3) is 5.91 Å². The number of guanidine groups is 2. The molecule has 3 unspecified atom stereocenters. The van der Waals surface area contributed by atoms with E-state index in [1.54, 1.807) is 0 Å². The number of nitrogens with two attached hydrogens (primary N) is 2. The summed E-state index contributed by atoms with van der Waals surface area (Å²) >= 11 is 0. The van der Waals surface area contributed by atoms with E-state index in [9.17, 15) is 45.8 Å². The van der Waals surface area contributed by atoms with Crippen LogP contribution in [0.25, 0.3) is 0 Å². The quantitative estimate of drug-likeness (QED) is 0.231. The summed E-state index contributed by atoms with van der Waals surface area (Å²) in [6.45, 7) is -0.515.